The number of fused-ring (bicyclic) bond motifs is 3. The number of ether oxygens (including phenoxy) is 2. The molecule has 186 valence electrons. The van der Waals surface area contributed by atoms with Gasteiger partial charge in [0.15, 0.2) is 23.1 Å². The van der Waals surface area contributed by atoms with Gasteiger partial charge in [0.2, 0.25) is 0 Å². The van der Waals surface area contributed by atoms with Crippen LogP contribution in [0.1, 0.15) is 52.6 Å². The first-order valence-corrected chi connectivity index (χ1v) is 11.1. The lowest BCUT2D eigenvalue weighted by Gasteiger charge is -2.29. The normalized spacial score (nSPS) is 19.6. The molecule has 2 aromatic carbocycles. The summed E-state index contributed by atoms with van der Waals surface area (Å²) in [7, 11) is 1.52. The number of aromatic hydroxyl groups is 2. The van der Waals surface area contributed by atoms with Crippen LogP contribution in [0.5, 0.6) is 23.0 Å². The minimum absolute atomic E-state index is 0.00589. The Labute approximate surface area is 207 Å². The Morgan fingerprint density at radius 1 is 1.08 bits per heavy atom. The molecule has 2 aromatic rings. The first-order chi connectivity index (χ1) is 16.9. The number of hydrogen-bond donors (Lipinski definition) is 3. The summed E-state index contributed by atoms with van der Waals surface area (Å²) in [6.45, 7) is 5.45. The lowest BCUT2D eigenvalue weighted by molar-refractivity contribution is -0.123. The number of phenolic OH excluding ortho intramolecular Hbond substituents is 2. The first kappa shape index (κ1) is 24.7. The monoisotopic (exact) mass is 491 g/mol. The van der Waals surface area contributed by atoms with Gasteiger partial charge in [0.1, 0.15) is 39.7 Å². The second kappa shape index (κ2) is 8.67. The fourth-order valence-electron chi connectivity index (χ4n) is 4.54. The molecule has 1 heterocycles. The highest BCUT2D eigenvalue weighted by Crippen LogP contribution is 2.57. The Kier molecular flexibility index (Phi) is 5.95. The average molecular weight is 491 g/mol. The van der Waals surface area contributed by atoms with Crippen LogP contribution in [0.3, 0.4) is 0 Å². The van der Waals surface area contributed by atoms with E-state index in [1.807, 2.05) is 0 Å². The molecule has 0 aromatic heterocycles. The molecule has 4 rings (SSSR count). The minimum atomic E-state index is -1.62. The Morgan fingerprint density at radius 2 is 1.72 bits per heavy atom. The molecule has 2 aliphatic rings. The number of carbonyl (C=O) groups excluding carboxylic acids is 4. The van der Waals surface area contributed by atoms with Crippen LogP contribution in [0.25, 0.3) is 0 Å². The van der Waals surface area contributed by atoms with E-state index < -0.39 is 34.3 Å². The lowest BCUT2D eigenvalue weighted by Crippen LogP contribution is -2.41. The van der Waals surface area contributed by atoms with Crippen LogP contribution in [-0.4, -0.2) is 47.0 Å². The van der Waals surface area contributed by atoms with Crippen molar-refractivity contribution in [2.24, 2.45) is 0 Å². The number of nitrogens with one attached hydrogen (secondary N) is 1. The number of phenols is 2. The van der Waals surface area contributed by atoms with Crippen LogP contribution in [0.4, 0.5) is 0 Å². The van der Waals surface area contributed by atoms with Crippen LogP contribution >= 0.6 is 0 Å². The van der Waals surface area contributed by atoms with Crippen LogP contribution < -0.4 is 14.8 Å². The molecule has 0 spiro atoms. The van der Waals surface area contributed by atoms with Gasteiger partial charge in [-0.2, -0.15) is 0 Å². The largest absolute Gasteiger partial charge is 0.507 e. The molecule has 0 saturated heterocycles. The SMILES string of the molecule is COc1ccc(C(=O)CN/C(C)=C2\C(=O)C=C3Oc4c(C(C)=O)c(O)c(C)c(O)c4[C@@]3(C)C2=O)cc1. The molecule has 0 bridgehead atoms. The van der Waals surface area contributed by atoms with Crippen LogP contribution in [0.15, 0.2) is 47.4 Å². The number of hydrogen-bond acceptors (Lipinski definition) is 9. The van der Waals surface area contributed by atoms with Crippen molar-refractivity contribution in [3.63, 3.8) is 0 Å². The fourth-order valence-corrected chi connectivity index (χ4v) is 4.54. The molecule has 9 heteroatoms. The number of carbonyl (C=O) groups is 4. The second-order valence-corrected chi connectivity index (χ2v) is 8.89. The van der Waals surface area contributed by atoms with Crippen LogP contribution in [0.2, 0.25) is 0 Å². The van der Waals surface area contributed by atoms with Crippen molar-refractivity contribution in [3.8, 4) is 23.0 Å². The van der Waals surface area contributed by atoms with Gasteiger partial charge >= 0.3 is 0 Å². The van der Waals surface area contributed by atoms with Gasteiger partial charge in [0, 0.05) is 22.9 Å². The summed E-state index contributed by atoms with van der Waals surface area (Å²) >= 11 is 0. The van der Waals surface area contributed by atoms with Gasteiger partial charge in [-0.25, -0.2) is 0 Å². The van der Waals surface area contributed by atoms with Crippen LogP contribution in [-0.2, 0) is 15.0 Å². The smallest absolute Gasteiger partial charge is 0.194 e. The number of Topliss-reactive ketones (excluding diaryl/α,β-unsaturated/α-hetero) is 3. The standard InChI is InChI=1S/C27H25NO8/c1-12-23(32)21(14(3)29)25-22(24(12)33)27(4)19(36-25)10-17(30)20(26(27)34)13(2)28-11-18(31)15-6-8-16(35-5)9-7-15/h6-10,28,32-33H,11H2,1-5H3/b20-13+/t27-/m0/s1. The van der Waals surface area contributed by atoms with E-state index in [1.54, 1.807) is 24.3 Å². The topological polar surface area (TPSA) is 139 Å². The number of rotatable bonds is 6. The van der Waals surface area contributed by atoms with E-state index in [1.165, 1.54) is 34.8 Å². The van der Waals surface area contributed by atoms with E-state index in [-0.39, 0.29) is 51.8 Å². The van der Waals surface area contributed by atoms with Crippen molar-refractivity contribution in [1.29, 1.82) is 0 Å². The molecular formula is C27H25NO8. The van der Waals surface area contributed by atoms with Gasteiger partial charge in [0.25, 0.3) is 0 Å². The number of methoxy groups -OCH3 is 1. The highest BCUT2D eigenvalue weighted by molar-refractivity contribution is 6.31. The summed E-state index contributed by atoms with van der Waals surface area (Å²) in [6.07, 6.45) is 1.13. The molecule has 36 heavy (non-hydrogen) atoms. The molecule has 1 aliphatic heterocycles. The number of ketones is 4. The summed E-state index contributed by atoms with van der Waals surface area (Å²) < 4.78 is 10.8. The summed E-state index contributed by atoms with van der Waals surface area (Å²) in [5.41, 5.74) is -1.37. The number of benzene rings is 2. The zero-order valence-corrected chi connectivity index (χ0v) is 20.4. The third-order valence-electron chi connectivity index (χ3n) is 6.69. The maximum Gasteiger partial charge on any atom is 0.194 e. The van der Waals surface area contributed by atoms with Crippen molar-refractivity contribution in [2.75, 3.05) is 13.7 Å². The maximum atomic E-state index is 13.8. The van der Waals surface area contributed by atoms with E-state index in [2.05, 4.69) is 5.32 Å². The molecule has 0 fully saturated rings. The Hall–Kier alpha value is -4.40. The summed E-state index contributed by atoms with van der Waals surface area (Å²) in [4.78, 5) is 51.6. The minimum Gasteiger partial charge on any atom is -0.507 e. The van der Waals surface area contributed by atoms with Gasteiger partial charge < -0.3 is 25.0 Å². The quantitative estimate of drug-likeness (QED) is 0.316. The first-order valence-electron chi connectivity index (χ1n) is 11.1. The summed E-state index contributed by atoms with van der Waals surface area (Å²) in [6, 6.07) is 6.52. The average Bonchev–Trinajstić information content (AvgIpc) is 3.13. The maximum absolute atomic E-state index is 13.8. The van der Waals surface area contributed by atoms with Crippen molar-refractivity contribution in [2.45, 2.75) is 33.1 Å². The highest BCUT2D eigenvalue weighted by Gasteiger charge is 2.56. The molecule has 0 saturated carbocycles. The van der Waals surface area contributed by atoms with Crippen molar-refractivity contribution in [3.05, 3.63) is 69.6 Å². The summed E-state index contributed by atoms with van der Waals surface area (Å²) in [5, 5.41) is 24.2. The predicted molar refractivity (Wildman–Crippen MR) is 129 cm³/mol. The summed E-state index contributed by atoms with van der Waals surface area (Å²) in [5.74, 6) is -2.56. The number of allylic oxidation sites excluding steroid dienone is 4. The second-order valence-electron chi connectivity index (χ2n) is 8.89. The molecular weight excluding hydrogens is 466 g/mol. The van der Waals surface area contributed by atoms with Crippen molar-refractivity contribution in [1.82, 2.24) is 5.32 Å². The van der Waals surface area contributed by atoms with E-state index in [0.717, 1.165) is 6.08 Å². The molecule has 1 aliphatic carbocycles. The van der Waals surface area contributed by atoms with Gasteiger partial charge in [-0.3, -0.25) is 19.2 Å². The van der Waals surface area contributed by atoms with E-state index >= 15 is 0 Å². The molecule has 0 unspecified atom stereocenters. The van der Waals surface area contributed by atoms with Crippen molar-refractivity contribution >= 4 is 23.1 Å². The van der Waals surface area contributed by atoms with E-state index in [4.69, 9.17) is 9.47 Å². The third kappa shape index (κ3) is 3.55. The predicted octanol–water partition coefficient (Wildman–Crippen LogP) is 3.05. The Bertz CT molecular complexity index is 1410. The van der Waals surface area contributed by atoms with Crippen LogP contribution in [0, 0.1) is 6.92 Å². The molecule has 0 amide bonds. The Morgan fingerprint density at radius 3 is 2.31 bits per heavy atom. The molecule has 0 radical (unpaired) electrons. The lowest BCUT2D eigenvalue weighted by atomic mass is 9.70. The zero-order chi connectivity index (χ0) is 26.5. The molecule has 9 nitrogen and oxygen atoms in total. The zero-order valence-electron chi connectivity index (χ0n) is 20.4. The molecule has 3 N–H and O–H groups in total. The molecule has 1 atom stereocenters. The fraction of sp³-hybridized carbons (Fsp3) is 0.259. The van der Waals surface area contributed by atoms with Crippen molar-refractivity contribution < 1.29 is 38.9 Å². The third-order valence-corrected chi connectivity index (χ3v) is 6.69. The van der Waals surface area contributed by atoms with E-state index in [9.17, 15) is 29.4 Å². The van der Waals surface area contributed by atoms with E-state index in [0.29, 0.717) is 11.3 Å². The van der Waals surface area contributed by atoms with Gasteiger partial charge in [-0.05, 0) is 52.0 Å². The van der Waals surface area contributed by atoms with Gasteiger partial charge in [-0.15, -0.1) is 0 Å². The van der Waals surface area contributed by atoms with Gasteiger partial charge in [-0.1, -0.05) is 0 Å². The van der Waals surface area contributed by atoms with Gasteiger partial charge in [0.05, 0.1) is 24.8 Å². The Balaban J connectivity index is 1.72. The highest BCUT2D eigenvalue weighted by atomic mass is 16.5.